The van der Waals surface area contributed by atoms with Crippen LogP contribution in [0.5, 0.6) is 0 Å². The standard InChI is InChI=1S/C18H20N2O/c1-3-13-6-10-15(11-7-13)20-17(16(19)18(20)21)14-8-4-12(2)5-9-14/h4-11,16-17H,3,19H2,1-2H3. The van der Waals surface area contributed by atoms with E-state index >= 15 is 0 Å². The summed E-state index contributed by atoms with van der Waals surface area (Å²) in [6.07, 6.45) is 0.995. The van der Waals surface area contributed by atoms with Crippen molar-refractivity contribution in [1.82, 2.24) is 0 Å². The van der Waals surface area contributed by atoms with E-state index in [2.05, 4.69) is 50.2 Å². The minimum absolute atomic E-state index is 0.00942. The highest BCUT2D eigenvalue weighted by Gasteiger charge is 2.46. The van der Waals surface area contributed by atoms with E-state index < -0.39 is 6.04 Å². The third kappa shape index (κ3) is 2.34. The number of amides is 1. The molecule has 0 bridgehead atoms. The van der Waals surface area contributed by atoms with Crippen molar-refractivity contribution in [1.29, 1.82) is 0 Å². The molecule has 0 spiro atoms. The number of nitrogens with two attached hydrogens (primary N) is 1. The van der Waals surface area contributed by atoms with E-state index in [-0.39, 0.29) is 11.9 Å². The Labute approximate surface area is 125 Å². The first-order valence-electron chi connectivity index (χ1n) is 7.36. The molecule has 1 heterocycles. The van der Waals surface area contributed by atoms with Crippen molar-refractivity contribution in [2.45, 2.75) is 32.4 Å². The molecule has 0 radical (unpaired) electrons. The van der Waals surface area contributed by atoms with Gasteiger partial charge in [0.2, 0.25) is 5.91 Å². The van der Waals surface area contributed by atoms with Crippen LogP contribution in [0.4, 0.5) is 5.69 Å². The second kappa shape index (κ2) is 5.34. The molecule has 1 aliphatic rings. The van der Waals surface area contributed by atoms with Crippen LogP contribution in [0.15, 0.2) is 48.5 Å². The number of β-lactam (4-membered cyclic amide) rings is 1. The first-order valence-corrected chi connectivity index (χ1v) is 7.36. The molecule has 3 heteroatoms. The number of hydrogen-bond donors (Lipinski definition) is 1. The van der Waals surface area contributed by atoms with Gasteiger partial charge in [0.05, 0.1) is 6.04 Å². The fraction of sp³-hybridized carbons (Fsp3) is 0.278. The zero-order valence-electron chi connectivity index (χ0n) is 12.4. The van der Waals surface area contributed by atoms with Crippen molar-refractivity contribution >= 4 is 11.6 Å². The Balaban J connectivity index is 1.92. The van der Waals surface area contributed by atoms with Gasteiger partial charge in [0.25, 0.3) is 0 Å². The van der Waals surface area contributed by atoms with E-state index in [0.29, 0.717) is 0 Å². The lowest BCUT2D eigenvalue weighted by Gasteiger charge is -2.45. The van der Waals surface area contributed by atoms with Gasteiger partial charge in [-0.2, -0.15) is 0 Å². The maximum Gasteiger partial charge on any atom is 0.247 e. The van der Waals surface area contributed by atoms with Crippen LogP contribution < -0.4 is 10.6 Å². The van der Waals surface area contributed by atoms with Gasteiger partial charge in [-0.3, -0.25) is 4.79 Å². The molecule has 21 heavy (non-hydrogen) atoms. The van der Waals surface area contributed by atoms with Gasteiger partial charge < -0.3 is 10.6 Å². The Bertz CT molecular complexity index is 646. The van der Waals surface area contributed by atoms with Crippen molar-refractivity contribution < 1.29 is 4.79 Å². The summed E-state index contributed by atoms with van der Waals surface area (Å²) >= 11 is 0. The van der Waals surface area contributed by atoms with Gasteiger partial charge >= 0.3 is 0 Å². The lowest BCUT2D eigenvalue weighted by molar-refractivity contribution is -0.126. The van der Waals surface area contributed by atoms with E-state index in [1.165, 1.54) is 11.1 Å². The number of nitrogens with zero attached hydrogens (tertiary/aromatic N) is 1. The summed E-state index contributed by atoms with van der Waals surface area (Å²) in [5.74, 6) is -0.00942. The molecule has 1 fully saturated rings. The lowest BCUT2D eigenvalue weighted by atomic mass is 9.88. The molecular formula is C18H20N2O. The number of rotatable bonds is 3. The average Bonchev–Trinajstić information content (AvgIpc) is 2.53. The number of anilines is 1. The zero-order valence-corrected chi connectivity index (χ0v) is 12.4. The van der Waals surface area contributed by atoms with Crippen molar-refractivity contribution in [2.75, 3.05) is 4.90 Å². The maximum atomic E-state index is 12.2. The van der Waals surface area contributed by atoms with Crippen molar-refractivity contribution in [3.05, 3.63) is 65.2 Å². The topological polar surface area (TPSA) is 46.3 Å². The van der Waals surface area contributed by atoms with E-state index in [9.17, 15) is 4.79 Å². The predicted octanol–water partition coefficient (Wildman–Crippen LogP) is 2.97. The SMILES string of the molecule is CCc1ccc(N2C(=O)C(N)C2c2ccc(C)cc2)cc1. The molecule has 2 unspecified atom stereocenters. The largest absolute Gasteiger partial charge is 0.318 e. The van der Waals surface area contributed by atoms with Crippen LogP contribution in [0.25, 0.3) is 0 Å². The predicted molar refractivity (Wildman–Crippen MR) is 85.2 cm³/mol. The summed E-state index contributed by atoms with van der Waals surface area (Å²) in [6.45, 7) is 4.17. The zero-order chi connectivity index (χ0) is 15.0. The molecule has 0 aliphatic carbocycles. The minimum Gasteiger partial charge on any atom is -0.318 e. The van der Waals surface area contributed by atoms with Crippen LogP contribution in [0.2, 0.25) is 0 Å². The van der Waals surface area contributed by atoms with E-state index in [0.717, 1.165) is 17.7 Å². The van der Waals surface area contributed by atoms with Crippen molar-refractivity contribution in [3.63, 3.8) is 0 Å². The van der Waals surface area contributed by atoms with Gasteiger partial charge in [-0.05, 0) is 36.6 Å². The fourth-order valence-electron chi connectivity index (χ4n) is 2.81. The maximum absolute atomic E-state index is 12.2. The van der Waals surface area contributed by atoms with Crippen LogP contribution in [0.3, 0.4) is 0 Å². The molecule has 3 rings (SSSR count). The Hall–Kier alpha value is -2.13. The number of aryl methyl sites for hydroxylation is 2. The molecule has 1 aliphatic heterocycles. The quantitative estimate of drug-likeness (QED) is 0.879. The Kier molecular flexibility index (Phi) is 3.52. The summed E-state index contributed by atoms with van der Waals surface area (Å²) < 4.78 is 0. The molecule has 2 atom stereocenters. The molecule has 2 aromatic rings. The third-order valence-corrected chi connectivity index (χ3v) is 4.18. The molecule has 0 saturated carbocycles. The highest BCUT2D eigenvalue weighted by molar-refractivity contribution is 6.05. The minimum atomic E-state index is -0.446. The number of carbonyl (C=O) groups excluding carboxylic acids is 1. The highest BCUT2D eigenvalue weighted by atomic mass is 16.2. The van der Waals surface area contributed by atoms with Crippen LogP contribution >= 0.6 is 0 Å². The van der Waals surface area contributed by atoms with Crippen molar-refractivity contribution in [3.8, 4) is 0 Å². The van der Waals surface area contributed by atoms with E-state index in [4.69, 9.17) is 5.73 Å². The molecule has 2 aromatic carbocycles. The van der Waals surface area contributed by atoms with E-state index in [1.807, 2.05) is 12.1 Å². The first kappa shape index (κ1) is 13.8. The second-order valence-corrected chi connectivity index (χ2v) is 5.61. The average molecular weight is 280 g/mol. The second-order valence-electron chi connectivity index (χ2n) is 5.61. The normalized spacial score (nSPS) is 21.3. The Morgan fingerprint density at radius 2 is 1.67 bits per heavy atom. The Morgan fingerprint density at radius 1 is 1.05 bits per heavy atom. The molecule has 3 nitrogen and oxygen atoms in total. The number of hydrogen-bond acceptors (Lipinski definition) is 2. The fourth-order valence-corrected chi connectivity index (χ4v) is 2.81. The summed E-state index contributed by atoms with van der Waals surface area (Å²) in [7, 11) is 0. The van der Waals surface area contributed by atoms with E-state index in [1.54, 1.807) is 4.90 Å². The van der Waals surface area contributed by atoms with Gasteiger partial charge in [0, 0.05) is 5.69 Å². The smallest absolute Gasteiger partial charge is 0.247 e. The number of carbonyl (C=O) groups is 1. The molecule has 108 valence electrons. The van der Waals surface area contributed by atoms with Crippen LogP contribution in [0, 0.1) is 6.92 Å². The van der Waals surface area contributed by atoms with Gasteiger partial charge in [-0.1, -0.05) is 48.9 Å². The van der Waals surface area contributed by atoms with Crippen LogP contribution in [-0.4, -0.2) is 11.9 Å². The van der Waals surface area contributed by atoms with Gasteiger partial charge in [-0.25, -0.2) is 0 Å². The molecule has 1 saturated heterocycles. The monoisotopic (exact) mass is 280 g/mol. The summed E-state index contributed by atoms with van der Waals surface area (Å²) in [5.41, 5.74) is 10.5. The highest BCUT2D eigenvalue weighted by Crippen LogP contribution is 2.38. The third-order valence-electron chi connectivity index (χ3n) is 4.18. The van der Waals surface area contributed by atoms with Gasteiger partial charge in [0.15, 0.2) is 0 Å². The van der Waals surface area contributed by atoms with Crippen molar-refractivity contribution in [2.24, 2.45) is 5.73 Å². The molecule has 0 aromatic heterocycles. The first-order chi connectivity index (χ1) is 10.1. The molecule has 1 amide bonds. The Morgan fingerprint density at radius 3 is 2.24 bits per heavy atom. The summed E-state index contributed by atoms with van der Waals surface area (Å²) in [5, 5.41) is 0. The summed E-state index contributed by atoms with van der Waals surface area (Å²) in [4.78, 5) is 14.0. The van der Waals surface area contributed by atoms with Crippen LogP contribution in [0.1, 0.15) is 29.7 Å². The van der Waals surface area contributed by atoms with Gasteiger partial charge in [-0.15, -0.1) is 0 Å². The van der Waals surface area contributed by atoms with Crippen LogP contribution in [-0.2, 0) is 11.2 Å². The lowest BCUT2D eigenvalue weighted by Crippen LogP contribution is -2.63. The summed E-state index contributed by atoms with van der Waals surface area (Å²) in [6, 6.07) is 15.9. The molecular weight excluding hydrogens is 260 g/mol. The van der Waals surface area contributed by atoms with Gasteiger partial charge in [0.1, 0.15) is 6.04 Å². The number of benzene rings is 2. The molecule has 2 N–H and O–H groups in total.